The highest BCUT2D eigenvalue weighted by Gasteiger charge is 2.45. The first kappa shape index (κ1) is 34.8. The molecule has 46 heavy (non-hydrogen) atoms. The molecule has 0 unspecified atom stereocenters. The summed E-state index contributed by atoms with van der Waals surface area (Å²) in [5.74, 6) is -0.00225. The van der Waals surface area contributed by atoms with Crippen molar-refractivity contribution in [2.75, 3.05) is 26.4 Å². The van der Waals surface area contributed by atoms with Crippen LogP contribution in [0.1, 0.15) is 123 Å². The van der Waals surface area contributed by atoms with Gasteiger partial charge in [0.25, 0.3) is 0 Å². The molecular weight excluding hydrogens is 609 g/mol. The highest BCUT2D eigenvalue weighted by atomic mass is 28.4. The molecular formula is C36H47F3N2O4Si. The quantitative estimate of drug-likeness (QED) is 0.313. The monoisotopic (exact) mass is 656 g/mol. The summed E-state index contributed by atoms with van der Waals surface area (Å²) in [5, 5.41) is 22.0. The Hall–Kier alpha value is -2.55. The minimum absolute atomic E-state index is 0.00225. The van der Waals surface area contributed by atoms with Crippen LogP contribution in [0.15, 0.2) is 24.3 Å². The van der Waals surface area contributed by atoms with Crippen molar-refractivity contribution in [1.29, 1.82) is 5.26 Å². The van der Waals surface area contributed by atoms with E-state index in [4.69, 9.17) is 18.9 Å². The van der Waals surface area contributed by atoms with E-state index in [2.05, 4.69) is 53.8 Å². The maximum Gasteiger partial charge on any atom is 0.417 e. The lowest BCUT2D eigenvalue weighted by molar-refractivity contribution is -0.137. The summed E-state index contributed by atoms with van der Waals surface area (Å²) in [6, 6.07) is 5.07. The highest BCUT2D eigenvalue weighted by Crippen LogP contribution is 2.52. The van der Waals surface area contributed by atoms with Gasteiger partial charge in [0.2, 0.25) is 0 Å². The molecule has 0 saturated carbocycles. The minimum Gasteiger partial charge on any atom is -0.410 e. The summed E-state index contributed by atoms with van der Waals surface area (Å²) < 4.78 is 59.9. The summed E-state index contributed by atoms with van der Waals surface area (Å²) in [5.41, 5.74) is 3.84. The van der Waals surface area contributed by atoms with Crippen LogP contribution in [0.2, 0.25) is 18.1 Å². The number of pyridine rings is 1. The molecule has 0 radical (unpaired) electrons. The van der Waals surface area contributed by atoms with Crippen LogP contribution in [-0.4, -0.2) is 44.8 Å². The van der Waals surface area contributed by atoms with E-state index in [0.717, 1.165) is 59.8 Å². The number of fused-ring (bicyclic) bond motifs is 1. The third kappa shape index (κ3) is 7.00. The number of nitrogens with zero attached hydrogens (tertiary/aromatic N) is 2. The zero-order chi connectivity index (χ0) is 33.7. The van der Waals surface area contributed by atoms with Crippen LogP contribution in [0.5, 0.6) is 0 Å². The molecule has 1 aromatic heterocycles. The van der Waals surface area contributed by atoms with Gasteiger partial charge in [0.05, 0.1) is 42.2 Å². The summed E-state index contributed by atoms with van der Waals surface area (Å²) in [4.78, 5) is 5.39. The molecule has 10 heteroatoms. The van der Waals surface area contributed by atoms with Gasteiger partial charge in [-0.15, -0.1) is 0 Å². The smallest absolute Gasteiger partial charge is 0.410 e. The summed E-state index contributed by atoms with van der Waals surface area (Å²) in [6.45, 7) is 17.7. The number of rotatable bonds is 6. The molecule has 0 amide bonds. The second-order valence-electron chi connectivity index (χ2n) is 15.3. The van der Waals surface area contributed by atoms with E-state index in [1.54, 1.807) is 6.07 Å². The Morgan fingerprint density at radius 3 is 2.39 bits per heavy atom. The predicted octanol–water partition coefficient (Wildman–Crippen LogP) is 8.79. The molecule has 2 aromatic rings. The Morgan fingerprint density at radius 1 is 1.11 bits per heavy atom. The van der Waals surface area contributed by atoms with Crippen LogP contribution in [0.4, 0.5) is 13.2 Å². The van der Waals surface area contributed by atoms with Gasteiger partial charge < -0.3 is 19.0 Å². The average molecular weight is 657 g/mol. The molecule has 5 rings (SSSR count). The Morgan fingerprint density at radius 2 is 1.80 bits per heavy atom. The Labute approximate surface area is 272 Å². The first-order valence-electron chi connectivity index (χ1n) is 16.3. The fourth-order valence-corrected chi connectivity index (χ4v) is 8.09. The molecule has 3 heterocycles. The largest absolute Gasteiger partial charge is 0.417 e. The fourth-order valence-electron chi connectivity index (χ4n) is 6.82. The zero-order valence-electron chi connectivity index (χ0n) is 28.1. The molecule has 2 atom stereocenters. The minimum atomic E-state index is -4.69. The van der Waals surface area contributed by atoms with Crippen LogP contribution < -0.4 is 0 Å². The van der Waals surface area contributed by atoms with Crippen molar-refractivity contribution >= 4 is 13.9 Å². The second kappa shape index (κ2) is 12.8. The normalized spacial score (nSPS) is 21.7. The third-order valence-electron chi connectivity index (χ3n) is 10.3. The Bertz CT molecular complexity index is 1530. The lowest BCUT2D eigenvalue weighted by atomic mass is 9.70. The average Bonchev–Trinajstić information content (AvgIpc) is 2.98. The molecule has 1 fully saturated rings. The number of hydrogen-bond acceptors (Lipinski definition) is 6. The van der Waals surface area contributed by atoms with Gasteiger partial charge in [-0.1, -0.05) is 46.8 Å². The number of aromatic nitrogens is 1. The van der Waals surface area contributed by atoms with E-state index in [1.165, 1.54) is 12.1 Å². The highest BCUT2D eigenvalue weighted by molar-refractivity contribution is 6.74. The van der Waals surface area contributed by atoms with Crippen molar-refractivity contribution < 1.29 is 32.2 Å². The molecule has 0 spiro atoms. The molecule has 2 aliphatic heterocycles. The van der Waals surface area contributed by atoms with Crippen molar-refractivity contribution in [1.82, 2.24) is 4.98 Å². The predicted molar refractivity (Wildman–Crippen MR) is 174 cm³/mol. The number of hydrogen-bond donors (Lipinski definition) is 1. The van der Waals surface area contributed by atoms with Crippen molar-refractivity contribution in [2.45, 2.75) is 109 Å². The van der Waals surface area contributed by atoms with Crippen molar-refractivity contribution in [3.63, 3.8) is 0 Å². The Balaban J connectivity index is 1.82. The van der Waals surface area contributed by atoms with E-state index in [0.29, 0.717) is 38.4 Å². The van der Waals surface area contributed by atoms with Gasteiger partial charge in [0, 0.05) is 36.0 Å². The van der Waals surface area contributed by atoms with Crippen LogP contribution in [0.3, 0.4) is 0 Å². The standard InChI is InChI=1S/C36H47F3N2O4Si/c1-34(2,3)46(6,7)45-28-20-35(4,5)19-27-30(28)29(22-10-14-43-15-11-22)31(32(41-27)23-12-16-44-17-13-23)33(42)24-8-9-26(36(37,38)39)25(18-24)21-40/h8-10,18,23,28,33,42H,11-17,19-20H2,1-7H3/t28-,33+/m0/s1. The van der Waals surface area contributed by atoms with Gasteiger partial charge in [-0.2, -0.15) is 18.4 Å². The van der Waals surface area contributed by atoms with Crippen molar-refractivity contribution in [2.24, 2.45) is 5.41 Å². The number of aliphatic hydroxyl groups excluding tert-OH is 1. The van der Waals surface area contributed by atoms with Gasteiger partial charge >= 0.3 is 6.18 Å². The van der Waals surface area contributed by atoms with Gasteiger partial charge in [0.15, 0.2) is 8.32 Å². The molecule has 6 nitrogen and oxygen atoms in total. The SMILES string of the molecule is CC1(C)Cc2nc(C3CCOCC3)c([C@H](O)c3ccc(C(F)(F)F)c(C#N)c3)c(C3=CCOCC3)c2[C@@H](O[Si](C)(C)C(C)(C)C)C1. The third-order valence-corrected chi connectivity index (χ3v) is 14.8. The van der Waals surface area contributed by atoms with E-state index < -0.39 is 31.7 Å². The summed E-state index contributed by atoms with van der Waals surface area (Å²) in [6.07, 6.45) is -0.648. The summed E-state index contributed by atoms with van der Waals surface area (Å²) >= 11 is 0. The lowest BCUT2D eigenvalue weighted by Crippen LogP contribution is -2.44. The zero-order valence-corrected chi connectivity index (χ0v) is 29.1. The topological polar surface area (TPSA) is 84.6 Å². The Kier molecular flexibility index (Phi) is 9.68. The fraction of sp³-hybridized carbons (Fsp3) is 0.611. The van der Waals surface area contributed by atoms with E-state index >= 15 is 0 Å². The van der Waals surface area contributed by atoms with E-state index in [9.17, 15) is 23.5 Å². The maximum atomic E-state index is 13.8. The van der Waals surface area contributed by atoms with Gasteiger partial charge in [0.1, 0.15) is 6.10 Å². The van der Waals surface area contributed by atoms with Crippen LogP contribution >= 0.6 is 0 Å². The lowest BCUT2D eigenvalue weighted by Gasteiger charge is -2.45. The van der Waals surface area contributed by atoms with Gasteiger partial charge in [-0.3, -0.25) is 4.98 Å². The number of nitriles is 1. The van der Waals surface area contributed by atoms with E-state index in [1.807, 2.05) is 0 Å². The molecule has 1 N–H and O–H groups in total. The number of alkyl halides is 3. The number of ether oxygens (including phenoxy) is 2. The molecule has 1 saturated heterocycles. The van der Waals surface area contributed by atoms with E-state index in [-0.39, 0.29) is 28.0 Å². The van der Waals surface area contributed by atoms with Crippen molar-refractivity contribution in [3.8, 4) is 6.07 Å². The maximum absolute atomic E-state index is 13.8. The second-order valence-corrected chi connectivity index (χ2v) is 20.1. The van der Waals surface area contributed by atoms with Gasteiger partial charge in [-0.25, -0.2) is 0 Å². The molecule has 250 valence electrons. The summed E-state index contributed by atoms with van der Waals surface area (Å²) in [7, 11) is -2.28. The van der Waals surface area contributed by atoms with Crippen LogP contribution in [0, 0.1) is 16.7 Å². The molecule has 1 aromatic carbocycles. The molecule has 1 aliphatic carbocycles. The van der Waals surface area contributed by atoms with Crippen LogP contribution in [-0.2, 0) is 26.5 Å². The first-order chi connectivity index (χ1) is 21.4. The first-order valence-corrected chi connectivity index (χ1v) is 19.2. The molecule has 0 bridgehead atoms. The van der Waals surface area contributed by atoms with Gasteiger partial charge in [-0.05, 0) is 84.5 Å². The van der Waals surface area contributed by atoms with Crippen LogP contribution in [0.25, 0.3) is 5.57 Å². The number of aliphatic hydroxyl groups is 1. The number of benzene rings is 1. The van der Waals surface area contributed by atoms with Crippen molar-refractivity contribution in [3.05, 3.63) is 69.0 Å². The molecule has 3 aliphatic rings. The number of halogens is 3.